The normalized spacial score (nSPS) is 27.1. The maximum Gasteiger partial charge on any atom is 0.125 e. The average molecular weight is 282 g/mol. The minimum Gasteiger partial charge on any atom is -0.493 e. The third-order valence-corrected chi connectivity index (χ3v) is 4.24. The van der Waals surface area contributed by atoms with E-state index in [1.165, 1.54) is 28.4 Å². The summed E-state index contributed by atoms with van der Waals surface area (Å²) in [5.41, 5.74) is 8.68. The van der Waals surface area contributed by atoms with Gasteiger partial charge in [0.1, 0.15) is 5.75 Å². The highest BCUT2D eigenvalue weighted by Gasteiger charge is 2.29. The number of halogens is 1. The lowest BCUT2D eigenvalue weighted by atomic mass is 9.76. The van der Waals surface area contributed by atoms with E-state index in [2.05, 4.69) is 28.1 Å². The molecule has 1 aromatic rings. The zero-order chi connectivity index (χ0) is 11.1. The van der Waals surface area contributed by atoms with Crippen LogP contribution in [0.1, 0.15) is 24.0 Å². The van der Waals surface area contributed by atoms with Crippen LogP contribution in [0, 0.1) is 5.92 Å². The van der Waals surface area contributed by atoms with Crippen LogP contribution in [0.5, 0.6) is 5.75 Å². The second-order valence-corrected chi connectivity index (χ2v) is 5.77. The number of hydrogen-bond donors (Lipinski definition) is 1. The van der Waals surface area contributed by atoms with Crippen molar-refractivity contribution in [1.82, 2.24) is 0 Å². The first-order valence-corrected chi connectivity index (χ1v) is 6.73. The third kappa shape index (κ3) is 1.76. The van der Waals surface area contributed by atoms with Crippen molar-refractivity contribution in [1.29, 1.82) is 0 Å². The van der Waals surface area contributed by atoms with Crippen LogP contribution in [0.15, 0.2) is 16.6 Å². The Kier molecular flexibility index (Phi) is 2.68. The van der Waals surface area contributed by atoms with Crippen molar-refractivity contribution in [3.63, 3.8) is 0 Å². The van der Waals surface area contributed by atoms with Crippen LogP contribution < -0.4 is 10.5 Å². The highest BCUT2D eigenvalue weighted by Crippen LogP contribution is 2.37. The zero-order valence-electron chi connectivity index (χ0n) is 9.21. The van der Waals surface area contributed by atoms with Gasteiger partial charge in [0.05, 0.1) is 6.61 Å². The lowest BCUT2D eigenvalue weighted by Crippen LogP contribution is -2.40. The van der Waals surface area contributed by atoms with E-state index in [-0.39, 0.29) is 0 Å². The van der Waals surface area contributed by atoms with Crippen LogP contribution in [-0.2, 0) is 12.8 Å². The molecular weight excluding hydrogens is 266 g/mol. The predicted octanol–water partition coefficient (Wildman–Crippen LogP) is 2.66. The lowest BCUT2D eigenvalue weighted by Gasteiger charge is -2.34. The van der Waals surface area contributed by atoms with Crippen molar-refractivity contribution < 1.29 is 4.74 Å². The van der Waals surface area contributed by atoms with Gasteiger partial charge in [0, 0.05) is 16.9 Å². The molecule has 1 fully saturated rings. The van der Waals surface area contributed by atoms with E-state index in [0.29, 0.717) is 12.0 Å². The van der Waals surface area contributed by atoms with Crippen molar-refractivity contribution >= 4 is 15.9 Å². The fourth-order valence-electron chi connectivity index (χ4n) is 2.63. The first-order chi connectivity index (χ1) is 7.74. The molecule has 0 radical (unpaired) electrons. The number of ether oxygens (including phenoxy) is 1. The minimum atomic E-state index is 0.399. The maximum absolute atomic E-state index is 6.00. The van der Waals surface area contributed by atoms with Crippen molar-refractivity contribution in [2.45, 2.75) is 31.7 Å². The number of rotatable bonds is 2. The van der Waals surface area contributed by atoms with Gasteiger partial charge in [0.25, 0.3) is 0 Å². The molecule has 2 aliphatic rings. The molecule has 0 amide bonds. The van der Waals surface area contributed by atoms with Crippen molar-refractivity contribution in [3.05, 3.63) is 27.7 Å². The summed E-state index contributed by atoms with van der Waals surface area (Å²) in [6.45, 7) is 0.829. The van der Waals surface area contributed by atoms with Crippen LogP contribution in [0.25, 0.3) is 0 Å². The molecule has 1 aromatic carbocycles. The summed E-state index contributed by atoms with van der Waals surface area (Å²) in [7, 11) is 0. The minimum absolute atomic E-state index is 0.399. The Hall–Kier alpha value is -0.540. The molecule has 2 unspecified atom stereocenters. The second-order valence-electron chi connectivity index (χ2n) is 4.86. The molecule has 1 heterocycles. The Balaban J connectivity index is 1.88. The molecule has 0 saturated heterocycles. The number of nitrogens with two attached hydrogens (primary N) is 1. The molecule has 2 N–H and O–H groups in total. The molecule has 2 atom stereocenters. The Morgan fingerprint density at radius 3 is 2.94 bits per heavy atom. The van der Waals surface area contributed by atoms with Gasteiger partial charge in [-0.3, -0.25) is 0 Å². The maximum atomic E-state index is 6.00. The van der Waals surface area contributed by atoms with E-state index in [4.69, 9.17) is 10.5 Å². The molecule has 3 rings (SSSR count). The standard InChI is InChI=1S/C13H16BrNO/c14-11-6-9-3-4-16-13(9)10(7-11)5-8-1-2-12(8)15/h6-8,12H,1-5,15H2. The monoisotopic (exact) mass is 281 g/mol. The fraction of sp³-hybridized carbons (Fsp3) is 0.538. The molecule has 1 aliphatic heterocycles. The van der Waals surface area contributed by atoms with E-state index >= 15 is 0 Å². The van der Waals surface area contributed by atoms with E-state index in [1.54, 1.807) is 0 Å². The van der Waals surface area contributed by atoms with Crippen LogP contribution in [0.2, 0.25) is 0 Å². The lowest BCUT2D eigenvalue weighted by molar-refractivity contribution is 0.252. The van der Waals surface area contributed by atoms with Crippen molar-refractivity contribution in [3.8, 4) is 5.75 Å². The molecule has 86 valence electrons. The summed E-state index contributed by atoms with van der Waals surface area (Å²) in [6.07, 6.45) is 4.56. The van der Waals surface area contributed by atoms with Gasteiger partial charge in [0.15, 0.2) is 0 Å². The molecule has 1 saturated carbocycles. The fourth-order valence-corrected chi connectivity index (χ4v) is 3.18. The summed E-state index contributed by atoms with van der Waals surface area (Å²) in [5.74, 6) is 1.78. The molecule has 0 spiro atoms. The largest absolute Gasteiger partial charge is 0.493 e. The Labute approximate surface area is 104 Å². The summed E-state index contributed by atoms with van der Waals surface area (Å²) in [4.78, 5) is 0. The quantitative estimate of drug-likeness (QED) is 0.905. The molecule has 3 heteroatoms. The molecular formula is C13H16BrNO. The predicted molar refractivity (Wildman–Crippen MR) is 67.7 cm³/mol. The molecule has 1 aliphatic carbocycles. The van der Waals surface area contributed by atoms with E-state index in [9.17, 15) is 0 Å². The SMILES string of the molecule is NC1CCC1Cc1cc(Br)cc2c1OCC2. The van der Waals surface area contributed by atoms with Gasteiger partial charge in [0.2, 0.25) is 0 Å². The van der Waals surface area contributed by atoms with Crippen molar-refractivity contribution in [2.24, 2.45) is 11.7 Å². The summed E-state index contributed by atoms with van der Waals surface area (Å²) in [6, 6.07) is 4.76. The number of hydrogen-bond acceptors (Lipinski definition) is 2. The molecule has 16 heavy (non-hydrogen) atoms. The number of benzene rings is 1. The highest BCUT2D eigenvalue weighted by atomic mass is 79.9. The number of fused-ring (bicyclic) bond motifs is 1. The molecule has 0 bridgehead atoms. The second kappa shape index (κ2) is 4.04. The van der Waals surface area contributed by atoms with Crippen LogP contribution in [-0.4, -0.2) is 12.6 Å². The Bertz CT molecular complexity index is 419. The van der Waals surface area contributed by atoms with Gasteiger partial charge in [-0.2, -0.15) is 0 Å². The Morgan fingerprint density at radius 2 is 2.25 bits per heavy atom. The van der Waals surface area contributed by atoms with Gasteiger partial charge in [-0.1, -0.05) is 15.9 Å². The topological polar surface area (TPSA) is 35.2 Å². The van der Waals surface area contributed by atoms with E-state index in [1.807, 2.05) is 0 Å². The van der Waals surface area contributed by atoms with Gasteiger partial charge in [-0.15, -0.1) is 0 Å². The average Bonchev–Trinajstić information content (AvgIpc) is 2.71. The smallest absolute Gasteiger partial charge is 0.125 e. The van der Waals surface area contributed by atoms with Gasteiger partial charge < -0.3 is 10.5 Å². The van der Waals surface area contributed by atoms with Gasteiger partial charge in [-0.05, 0) is 48.4 Å². The van der Waals surface area contributed by atoms with Crippen molar-refractivity contribution in [2.75, 3.05) is 6.61 Å². The van der Waals surface area contributed by atoms with E-state index in [0.717, 1.165) is 25.2 Å². The highest BCUT2D eigenvalue weighted by molar-refractivity contribution is 9.10. The molecule has 0 aromatic heterocycles. The summed E-state index contributed by atoms with van der Waals surface area (Å²) < 4.78 is 6.89. The van der Waals surface area contributed by atoms with Crippen LogP contribution in [0.4, 0.5) is 0 Å². The first kappa shape index (κ1) is 10.6. The van der Waals surface area contributed by atoms with Gasteiger partial charge >= 0.3 is 0 Å². The zero-order valence-corrected chi connectivity index (χ0v) is 10.8. The van der Waals surface area contributed by atoms with E-state index < -0.39 is 0 Å². The first-order valence-electron chi connectivity index (χ1n) is 5.94. The summed E-state index contributed by atoms with van der Waals surface area (Å²) in [5, 5.41) is 0. The van der Waals surface area contributed by atoms with Crippen LogP contribution in [0.3, 0.4) is 0 Å². The Morgan fingerprint density at radius 1 is 1.38 bits per heavy atom. The molecule has 2 nitrogen and oxygen atoms in total. The van der Waals surface area contributed by atoms with Gasteiger partial charge in [-0.25, -0.2) is 0 Å². The van der Waals surface area contributed by atoms with Crippen LogP contribution >= 0.6 is 15.9 Å². The summed E-state index contributed by atoms with van der Waals surface area (Å²) >= 11 is 3.57. The third-order valence-electron chi connectivity index (χ3n) is 3.78.